The summed E-state index contributed by atoms with van der Waals surface area (Å²) in [5.41, 5.74) is 1.29. The van der Waals surface area contributed by atoms with Crippen molar-refractivity contribution in [3.8, 4) is 5.75 Å². The van der Waals surface area contributed by atoms with E-state index < -0.39 is 0 Å². The summed E-state index contributed by atoms with van der Waals surface area (Å²) in [6.45, 7) is 11.7. The summed E-state index contributed by atoms with van der Waals surface area (Å²) in [5, 5.41) is 3.58. The van der Waals surface area contributed by atoms with Gasteiger partial charge in [-0.2, -0.15) is 0 Å². The van der Waals surface area contributed by atoms with Crippen molar-refractivity contribution < 1.29 is 4.74 Å². The Morgan fingerprint density at radius 2 is 1.89 bits per heavy atom. The average Bonchev–Trinajstić information content (AvgIpc) is 2.36. The largest absolute Gasteiger partial charge is 0.493 e. The molecular formula is C16H27NO. The van der Waals surface area contributed by atoms with E-state index in [1.807, 2.05) is 6.07 Å². The zero-order chi connectivity index (χ0) is 13.5. The maximum atomic E-state index is 5.76. The fourth-order valence-corrected chi connectivity index (χ4v) is 1.78. The molecule has 2 atom stereocenters. The standard InChI is InChI=1S/C16H27NO/c1-6-13(4)17-14(5)15-8-7-9-16(10-15)18-11-12(2)3/h7-10,12-14,17H,6,11H2,1-5H3/t13-,14+/m0/s1. The summed E-state index contributed by atoms with van der Waals surface area (Å²) in [6, 6.07) is 9.30. The van der Waals surface area contributed by atoms with Crippen molar-refractivity contribution >= 4 is 0 Å². The molecule has 102 valence electrons. The number of benzene rings is 1. The molecule has 0 saturated heterocycles. The Hall–Kier alpha value is -1.02. The second-order valence-corrected chi connectivity index (χ2v) is 5.47. The van der Waals surface area contributed by atoms with Gasteiger partial charge in [0.05, 0.1) is 6.61 Å². The van der Waals surface area contributed by atoms with Crippen molar-refractivity contribution in [1.29, 1.82) is 0 Å². The van der Waals surface area contributed by atoms with Crippen LogP contribution in [0.3, 0.4) is 0 Å². The first kappa shape index (κ1) is 15.0. The maximum Gasteiger partial charge on any atom is 0.119 e. The molecule has 2 heteroatoms. The highest BCUT2D eigenvalue weighted by Gasteiger charge is 2.09. The monoisotopic (exact) mass is 249 g/mol. The van der Waals surface area contributed by atoms with Crippen molar-refractivity contribution in [2.45, 2.75) is 53.1 Å². The molecule has 1 rings (SSSR count). The number of nitrogens with one attached hydrogen (secondary N) is 1. The minimum Gasteiger partial charge on any atom is -0.493 e. The number of hydrogen-bond donors (Lipinski definition) is 1. The quantitative estimate of drug-likeness (QED) is 0.783. The summed E-state index contributed by atoms with van der Waals surface area (Å²) in [4.78, 5) is 0. The molecule has 0 aliphatic rings. The Kier molecular flexibility index (Phi) is 6.20. The molecule has 0 saturated carbocycles. The van der Waals surface area contributed by atoms with Crippen molar-refractivity contribution in [2.24, 2.45) is 5.92 Å². The normalized spacial score (nSPS) is 14.6. The van der Waals surface area contributed by atoms with Crippen molar-refractivity contribution in [1.82, 2.24) is 5.32 Å². The van der Waals surface area contributed by atoms with Crippen LogP contribution >= 0.6 is 0 Å². The van der Waals surface area contributed by atoms with Gasteiger partial charge in [-0.25, -0.2) is 0 Å². The lowest BCUT2D eigenvalue weighted by atomic mass is 10.1. The molecule has 0 bridgehead atoms. The van der Waals surface area contributed by atoms with E-state index in [2.05, 4.69) is 58.1 Å². The van der Waals surface area contributed by atoms with Crippen molar-refractivity contribution in [3.63, 3.8) is 0 Å². The van der Waals surface area contributed by atoms with Crippen molar-refractivity contribution in [3.05, 3.63) is 29.8 Å². The molecule has 0 heterocycles. The molecule has 18 heavy (non-hydrogen) atoms. The van der Waals surface area contributed by atoms with E-state index in [4.69, 9.17) is 4.74 Å². The summed E-state index contributed by atoms with van der Waals surface area (Å²) < 4.78 is 5.76. The van der Waals surface area contributed by atoms with E-state index in [1.54, 1.807) is 0 Å². The minimum atomic E-state index is 0.363. The lowest BCUT2D eigenvalue weighted by molar-refractivity contribution is 0.270. The molecule has 0 aromatic heterocycles. The summed E-state index contributed by atoms with van der Waals surface area (Å²) in [5.74, 6) is 1.53. The SMILES string of the molecule is CC[C@H](C)N[C@H](C)c1cccc(OCC(C)C)c1. The zero-order valence-electron chi connectivity index (χ0n) is 12.4. The number of ether oxygens (including phenoxy) is 1. The van der Waals surface area contributed by atoms with Gasteiger partial charge in [-0.05, 0) is 43.9 Å². The van der Waals surface area contributed by atoms with Gasteiger partial charge in [0.2, 0.25) is 0 Å². The molecule has 0 aliphatic heterocycles. The molecule has 0 amide bonds. The summed E-state index contributed by atoms with van der Waals surface area (Å²) in [7, 11) is 0. The number of rotatable bonds is 7. The highest BCUT2D eigenvalue weighted by atomic mass is 16.5. The molecule has 1 N–H and O–H groups in total. The molecular weight excluding hydrogens is 222 g/mol. The van der Waals surface area contributed by atoms with Gasteiger partial charge in [0.15, 0.2) is 0 Å². The fraction of sp³-hybridized carbons (Fsp3) is 0.625. The molecule has 0 radical (unpaired) electrons. The van der Waals surface area contributed by atoms with Gasteiger partial charge in [0, 0.05) is 12.1 Å². The van der Waals surface area contributed by atoms with Crippen LogP contribution in [0, 0.1) is 5.92 Å². The van der Waals surface area contributed by atoms with Crippen LogP contribution in [0.2, 0.25) is 0 Å². The maximum absolute atomic E-state index is 5.76. The third-order valence-electron chi connectivity index (χ3n) is 3.09. The van der Waals surface area contributed by atoms with Crippen LogP contribution in [0.5, 0.6) is 5.75 Å². The third kappa shape index (κ3) is 5.09. The van der Waals surface area contributed by atoms with Crippen LogP contribution in [-0.4, -0.2) is 12.6 Å². The average molecular weight is 249 g/mol. The molecule has 0 fully saturated rings. The number of hydrogen-bond acceptors (Lipinski definition) is 2. The first-order valence-electron chi connectivity index (χ1n) is 7.01. The smallest absolute Gasteiger partial charge is 0.119 e. The fourth-order valence-electron chi connectivity index (χ4n) is 1.78. The highest BCUT2D eigenvalue weighted by Crippen LogP contribution is 2.20. The van der Waals surface area contributed by atoms with Crippen molar-refractivity contribution in [2.75, 3.05) is 6.61 Å². The Bertz CT molecular complexity index is 349. The van der Waals surface area contributed by atoms with E-state index >= 15 is 0 Å². The Morgan fingerprint density at radius 1 is 1.17 bits per heavy atom. The first-order valence-corrected chi connectivity index (χ1v) is 7.01. The molecule has 0 spiro atoms. The van der Waals surface area contributed by atoms with Crippen LogP contribution in [0.25, 0.3) is 0 Å². The highest BCUT2D eigenvalue weighted by molar-refractivity contribution is 5.30. The van der Waals surface area contributed by atoms with Gasteiger partial charge in [0.25, 0.3) is 0 Å². The van der Waals surface area contributed by atoms with Crippen LogP contribution in [0.15, 0.2) is 24.3 Å². The molecule has 0 unspecified atom stereocenters. The summed E-state index contributed by atoms with van der Waals surface area (Å²) in [6.07, 6.45) is 1.15. The van der Waals surface area contributed by atoms with E-state index in [0.717, 1.165) is 18.8 Å². The molecule has 0 aliphatic carbocycles. The van der Waals surface area contributed by atoms with Crippen LogP contribution in [0.1, 0.15) is 52.6 Å². The predicted octanol–water partition coefficient (Wildman–Crippen LogP) is 4.17. The van der Waals surface area contributed by atoms with Crippen LogP contribution in [0.4, 0.5) is 0 Å². The van der Waals surface area contributed by atoms with Crippen LogP contribution < -0.4 is 10.1 Å². The third-order valence-corrected chi connectivity index (χ3v) is 3.09. The molecule has 2 nitrogen and oxygen atoms in total. The van der Waals surface area contributed by atoms with Gasteiger partial charge in [-0.1, -0.05) is 32.9 Å². The first-order chi connectivity index (χ1) is 8.52. The van der Waals surface area contributed by atoms with Gasteiger partial charge >= 0.3 is 0 Å². The van der Waals surface area contributed by atoms with Gasteiger partial charge in [-0.15, -0.1) is 0 Å². The molecule has 1 aromatic carbocycles. The summed E-state index contributed by atoms with van der Waals surface area (Å²) >= 11 is 0. The van der Waals surface area contributed by atoms with Crippen LogP contribution in [-0.2, 0) is 0 Å². The van der Waals surface area contributed by atoms with E-state index in [1.165, 1.54) is 5.56 Å². The van der Waals surface area contributed by atoms with Gasteiger partial charge < -0.3 is 10.1 Å². The van der Waals surface area contributed by atoms with E-state index in [-0.39, 0.29) is 0 Å². The topological polar surface area (TPSA) is 21.3 Å². The second-order valence-electron chi connectivity index (χ2n) is 5.47. The Labute approximate surface area is 112 Å². The Balaban J connectivity index is 2.63. The Morgan fingerprint density at radius 3 is 2.50 bits per heavy atom. The predicted molar refractivity (Wildman–Crippen MR) is 78.1 cm³/mol. The lowest BCUT2D eigenvalue weighted by Gasteiger charge is -2.20. The van der Waals surface area contributed by atoms with E-state index in [0.29, 0.717) is 18.0 Å². The second kappa shape index (κ2) is 7.42. The zero-order valence-corrected chi connectivity index (χ0v) is 12.4. The van der Waals surface area contributed by atoms with Gasteiger partial charge in [-0.3, -0.25) is 0 Å². The molecule has 1 aromatic rings. The van der Waals surface area contributed by atoms with E-state index in [9.17, 15) is 0 Å². The lowest BCUT2D eigenvalue weighted by Crippen LogP contribution is -2.28. The van der Waals surface area contributed by atoms with Gasteiger partial charge in [0.1, 0.15) is 5.75 Å². The minimum absolute atomic E-state index is 0.363.